The van der Waals surface area contributed by atoms with E-state index in [1.54, 1.807) is 0 Å². The first-order valence-corrected chi connectivity index (χ1v) is 5.63. The first kappa shape index (κ1) is 13.8. The van der Waals surface area contributed by atoms with Gasteiger partial charge in [0.25, 0.3) is 0 Å². The minimum Gasteiger partial charge on any atom is -0.223 e. The van der Waals surface area contributed by atoms with Gasteiger partial charge in [-0.25, -0.2) is 9.97 Å². The molecule has 0 atom stereocenters. The average Bonchev–Trinajstić information content (AvgIpc) is 2.79. The molecule has 0 saturated carbocycles. The molecule has 2 heterocycles. The summed E-state index contributed by atoms with van der Waals surface area (Å²) in [6.45, 7) is 0. The van der Waals surface area contributed by atoms with E-state index in [2.05, 4.69) is 9.97 Å². The number of hydrogen-bond donors (Lipinski definition) is 0. The van der Waals surface area contributed by atoms with Crippen LogP contribution in [-0.4, -0.2) is 9.97 Å². The number of aromatic nitrogens is 2. The summed E-state index contributed by atoms with van der Waals surface area (Å²) in [5.74, 6) is -1.80. The minimum atomic E-state index is -5.03. The van der Waals surface area contributed by atoms with E-state index >= 15 is 0 Å². The van der Waals surface area contributed by atoms with Crippen LogP contribution in [0.1, 0.15) is 11.5 Å². The Labute approximate surface area is 106 Å². The fraction of sp³-hybridized carbons (Fsp3) is 0.200. The van der Waals surface area contributed by atoms with Gasteiger partial charge in [0, 0.05) is 0 Å². The second-order valence-electron chi connectivity index (χ2n) is 3.43. The van der Waals surface area contributed by atoms with Gasteiger partial charge >= 0.3 is 12.4 Å². The Morgan fingerprint density at radius 1 is 0.947 bits per heavy atom. The van der Waals surface area contributed by atoms with Crippen LogP contribution in [0.5, 0.6) is 0 Å². The molecule has 19 heavy (non-hydrogen) atoms. The second-order valence-corrected chi connectivity index (χ2v) is 4.38. The van der Waals surface area contributed by atoms with Gasteiger partial charge in [0.05, 0.1) is 10.6 Å². The van der Waals surface area contributed by atoms with E-state index in [1.165, 1.54) is 17.5 Å². The van der Waals surface area contributed by atoms with Crippen LogP contribution in [0.25, 0.3) is 10.6 Å². The smallest absolute Gasteiger partial charge is 0.223 e. The highest BCUT2D eigenvalue weighted by Gasteiger charge is 2.40. The van der Waals surface area contributed by atoms with Gasteiger partial charge < -0.3 is 0 Å². The van der Waals surface area contributed by atoms with Gasteiger partial charge in [0.1, 0.15) is 5.69 Å². The molecule has 0 N–H and O–H groups in total. The zero-order valence-electron chi connectivity index (χ0n) is 8.88. The Morgan fingerprint density at radius 2 is 1.63 bits per heavy atom. The van der Waals surface area contributed by atoms with Gasteiger partial charge in [-0.1, -0.05) is 6.07 Å². The van der Waals surface area contributed by atoms with Crippen LogP contribution < -0.4 is 0 Å². The highest BCUT2D eigenvalue weighted by atomic mass is 32.1. The molecule has 0 spiro atoms. The van der Waals surface area contributed by atoms with Crippen molar-refractivity contribution in [3.63, 3.8) is 0 Å². The molecule has 9 heteroatoms. The maximum Gasteiger partial charge on any atom is 0.451 e. The topological polar surface area (TPSA) is 25.8 Å². The molecule has 0 amide bonds. The summed E-state index contributed by atoms with van der Waals surface area (Å²) in [6, 6.07) is 3.39. The maximum atomic E-state index is 12.5. The van der Waals surface area contributed by atoms with Gasteiger partial charge in [0.2, 0.25) is 5.82 Å². The number of thiophene rings is 1. The van der Waals surface area contributed by atoms with Crippen molar-refractivity contribution in [2.75, 3.05) is 0 Å². The van der Waals surface area contributed by atoms with Crippen molar-refractivity contribution in [2.24, 2.45) is 0 Å². The predicted molar refractivity (Wildman–Crippen MR) is 55.3 cm³/mol. The van der Waals surface area contributed by atoms with Gasteiger partial charge in [0.15, 0.2) is 0 Å². The Morgan fingerprint density at radius 3 is 2.11 bits per heavy atom. The molecule has 2 aromatic heterocycles. The summed E-state index contributed by atoms with van der Waals surface area (Å²) in [6.07, 6.45) is -10.00. The van der Waals surface area contributed by atoms with Crippen molar-refractivity contribution < 1.29 is 26.3 Å². The van der Waals surface area contributed by atoms with Crippen LogP contribution in [0.3, 0.4) is 0 Å². The van der Waals surface area contributed by atoms with Crippen molar-refractivity contribution in [1.82, 2.24) is 9.97 Å². The van der Waals surface area contributed by atoms with Gasteiger partial charge in [-0.05, 0) is 17.5 Å². The summed E-state index contributed by atoms with van der Waals surface area (Å²) >= 11 is 0.990. The summed E-state index contributed by atoms with van der Waals surface area (Å²) < 4.78 is 75.0. The molecule has 0 aliphatic rings. The minimum absolute atomic E-state index is 0.207. The average molecular weight is 298 g/mol. The predicted octanol–water partition coefficient (Wildman–Crippen LogP) is 4.24. The summed E-state index contributed by atoms with van der Waals surface area (Å²) in [5.41, 5.74) is -2.01. The van der Waals surface area contributed by atoms with Gasteiger partial charge in [-0.3, -0.25) is 0 Å². The van der Waals surface area contributed by atoms with E-state index in [4.69, 9.17) is 0 Å². The summed E-state index contributed by atoms with van der Waals surface area (Å²) in [7, 11) is 0. The summed E-state index contributed by atoms with van der Waals surface area (Å²) in [5, 5.41) is 1.53. The molecule has 102 valence electrons. The molecule has 2 nitrogen and oxygen atoms in total. The van der Waals surface area contributed by atoms with Crippen molar-refractivity contribution in [2.45, 2.75) is 12.4 Å². The lowest BCUT2D eigenvalue weighted by Crippen LogP contribution is -2.17. The SMILES string of the molecule is FC(F)(F)c1cc(-c2cccs2)nc(C(F)(F)F)n1. The fourth-order valence-corrected chi connectivity index (χ4v) is 1.96. The monoisotopic (exact) mass is 298 g/mol. The second kappa shape index (κ2) is 4.48. The van der Waals surface area contributed by atoms with Crippen molar-refractivity contribution in [3.05, 3.63) is 35.1 Å². The summed E-state index contributed by atoms with van der Waals surface area (Å²) in [4.78, 5) is 5.87. The van der Waals surface area contributed by atoms with Crippen LogP contribution in [0.4, 0.5) is 26.3 Å². The van der Waals surface area contributed by atoms with Crippen LogP contribution in [0, 0.1) is 0 Å². The molecule has 0 aromatic carbocycles. The highest BCUT2D eigenvalue weighted by Crippen LogP contribution is 2.35. The van der Waals surface area contributed by atoms with Gasteiger partial charge in [-0.15, -0.1) is 11.3 Å². The third-order valence-corrected chi connectivity index (χ3v) is 2.94. The lowest BCUT2D eigenvalue weighted by molar-refractivity contribution is -0.152. The molecule has 2 aromatic rings. The zero-order chi connectivity index (χ0) is 14.3. The Bertz CT molecular complexity index is 540. The number of rotatable bonds is 1. The first-order chi connectivity index (χ1) is 8.68. The Hall–Kier alpha value is -1.64. The quantitative estimate of drug-likeness (QED) is 0.736. The molecule has 0 radical (unpaired) electrons. The molecule has 0 unspecified atom stereocenters. The van der Waals surface area contributed by atoms with Crippen molar-refractivity contribution in [3.8, 4) is 10.6 Å². The number of halogens is 6. The van der Waals surface area contributed by atoms with Crippen LogP contribution >= 0.6 is 11.3 Å². The molecule has 2 rings (SSSR count). The zero-order valence-corrected chi connectivity index (χ0v) is 9.70. The van der Waals surface area contributed by atoms with Crippen LogP contribution in [-0.2, 0) is 12.4 Å². The third-order valence-electron chi connectivity index (χ3n) is 2.04. The van der Waals surface area contributed by atoms with E-state index in [0.29, 0.717) is 6.07 Å². The number of alkyl halides is 6. The van der Waals surface area contributed by atoms with E-state index in [9.17, 15) is 26.3 Å². The number of hydrogen-bond acceptors (Lipinski definition) is 3. The van der Waals surface area contributed by atoms with Crippen molar-refractivity contribution in [1.29, 1.82) is 0 Å². The largest absolute Gasteiger partial charge is 0.451 e. The van der Waals surface area contributed by atoms with E-state index in [1.807, 2.05) is 0 Å². The molecular formula is C10H4F6N2S. The lowest BCUT2D eigenvalue weighted by Gasteiger charge is -2.11. The molecular weight excluding hydrogens is 294 g/mol. The number of nitrogens with zero attached hydrogens (tertiary/aromatic N) is 2. The molecule has 0 aliphatic carbocycles. The highest BCUT2D eigenvalue weighted by molar-refractivity contribution is 7.13. The first-order valence-electron chi connectivity index (χ1n) is 4.75. The molecule has 0 bridgehead atoms. The molecule has 0 fully saturated rings. The van der Waals surface area contributed by atoms with Gasteiger partial charge in [-0.2, -0.15) is 26.3 Å². The van der Waals surface area contributed by atoms with E-state index in [0.717, 1.165) is 11.3 Å². The van der Waals surface area contributed by atoms with Crippen LogP contribution in [0.15, 0.2) is 23.6 Å². The van der Waals surface area contributed by atoms with E-state index in [-0.39, 0.29) is 4.88 Å². The Kier molecular flexibility index (Phi) is 3.25. The third kappa shape index (κ3) is 3.03. The van der Waals surface area contributed by atoms with Crippen molar-refractivity contribution >= 4 is 11.3 Å². The Balaban J connectivity index is 2.62. The molecule has 0 saturated heterocycles. The van der Waals surface area contributed by atoms with Crippen LogP contribution in [0.2, 0.25) is 0 Å². The normalized spacial score (nSPS) is 12.7. The lowest BCUT2D eigenvalue weighted by atomic mass is 10.2. The fourth-order valence-electron chi connectivity index (χ4n) is 1.27. The van der Waals surface area contributed by atoms with E-state index < -0.39 is 29.6 Å². The standard InChI is InChI=1S/C10H4F6N2S/c11-9(12,13)7-4-5(6-2-1-3-19-6)17-8(18-7)10(14,15)16/h1-4H. The molecule has 0 aliphatic heterocycles. The maximum absolute atomic E-state index is 12.5.